The van der Waals surface area contributed by atoms with Crippen molar-refractivity contribution in [2.24, 2.45) is 5.92 Å². The number of aryl methyl sites for hydroxylation is 1. The number of aliphatic hydroxyl groups is 1. The molecule has 1 aromatic carbocycles. The molecular weight excluding hydrogens is 300 g/mol. The van der Waals surface area contributed by atoms with E-state index in [0.717, 1.165) is 17.7 Å². The van der Waals surface area contributed by atoms with E-state index in [-0.39, 0.29) is 16.7 Å². The number of thiol groups is 1. The molecule has 0 aliphatic rings. The molecule has 1 unspecified atom stereocenters. The van der Waals surface area contributed by atoms with Crippen LogP contribution in [0.1, 0.15) is 85.4 Å². The van der Waals surface area contributed by atoms with Crippen LogP contribution in [0.5, 0.6) is 0 Å². The van der Waals surface area contributed by atoms with Gasteiger partial charge in [0.2, 0.25) is 0 Å². The lowest BCUT2D eigenvalue weighted by atomic mass is 9.78. The minimum atomic E-state index is -0.622. The van der Waals surface area contributed by atoms with Crippen LogP contribution in [0.2, 0.25) is 0 Å². The Kier molecular flexibility index (Phi) is 6.08. The number of rotatable bonds is 4. The van der Waals surface area contributed by atoms with Gasteiger partial charge < -0.3 is 5.11 Å². The van der Waals surface area contributed by atoms with Crippen molar-refractivity contribution in [3.8, 4) is 0 Å². The lowest BCUT2D eigenvalue weighted by molar-refractivity contribution is 0.00567. The minimum Gasteiger partial charge on any atom is -0.390 e. The summed E-state index contributed by atoms with van der Waals surface area (Å²) in [5, 5.41) is 10.6. The summed E-state index contributed by atoms with van der Waals surface area (Å²) in [6.45, 7) is 19.5. The Morgan fingerprint density at radius 2 is 1.30 bits per heavy atom. The molecule has 132 valence electrons. The molecule has 0 spiro atoms. The summed E-state index contributed by atoms with van der Waals surface area (Å²) in [7, 11) is 0. The van der Waals surface area contributed by atoms with Gasteiger partial charge in [0.1, 0.15) is 0 Å². The molecule has 1 rings (SSSR count). The molecule has 0 aliphatic carbocycles. The molecule has 1 atom stereocenters. The second kappa shape index (κ2) is 6.80. The van der Waals surface area contributed by atoms with Gasteiger partial charge in [0.25, 0.3) is 0 Å². The topological polar surface area (TPSA) is 20.2 Å². The molecule has 0 saturated carbocycles. The van der Waals surface area contributed by atoms with Gasteiger partial charge in [0.05, 0.1) is 5.60 Å². The number of benzene rings is 1. The van der Waals surface area contributed by atoms with E-state index in [0.29, 0.717) is 0 Å². The summed E-state index contributed by atoms with van der Waals surface area (Å²) in [4.78, 5) is 1.12. The van der Waals surface area contributed by atoms with E-state index in [2.05, 4.69) is 67.5 Å². The van der Waals surface area contributed by atoms with Crippen LogP contribution in [0, 0.1) is 5.92 Å². The first-order valence-corrected chi connectivity index (χ1v) is 9.20. The first-order chi connectivity index (χ1) is 10.2. The molecule has 1 aromatic rings. The second-order valence-electron chi connectivity index (χ2n) is 9.55. The van der Waals surface area contributed by atoms with Gasteiger partial charge in [-0.05, 0) is 53.2 Å². The van der Waals surface area contributed by atoms with Crippen LogP contribution in [0.25, 0.3) is 0 Å². The van der Waals surface area contributed by atoms with Gasteiger partial charge in [-0.15, -0.1) is 12.6 Å². The Balaban J connectivity index is 3.29. The lowest BCUT2D eigenvalue weighted by Crippen LogP contribution is -2.31. The van der Waals surface area contributed by atoms with Crippen LogP contribution in [0.4, 0.5) is 0 Å². The maximum absolute atomic E-state index is 10.6. The average molecular weight is 337 g/mol. The zero-order valence-electron chi connectivity index (χ0n) is 16.5. The zero-order chi connectivity index (χ0) is 18.2. The molecule has 0 aromatic heterocycles. The molecule has 0 aliphatic heterocycles. The van der Waals surface area contributed by atoms with Gasteiger partial charge in [-0.3, -0.25) is 0 Å². The minimum absolute atomic E-state index is 0.0632. The third-order valence-corrected chi connectivity index (χ3v) is 5.43. The van der Waals surface area contributed by atoms with Gasteiger partial charge in [-0.2, -0.15) is 0 Å². The molecule has 0 saturated heterocycles. The zero-order valence-corrected chi connectivity index (χ0v) is 17.4. The lowest BCUT2D eigenvalue weighted by Gasteiger charge is -2.31. The maximum atomic E-state index is 10.6. The van der Waals surface area contributed by atoms with Crippen molar-refractivity contribution < 1.29 is 5.11 Å². The van der Waals surface area contributed by atoms with E-state index >= 15 is 0 Å². The summed E-state index contributed by atoms with van der Waals surface area (Å²) in [5.41, 5.74) is 3.41. The monoisotopic (exact) mass is 336 g/mol. The summed E-state index contributed by atoms with van der Waals surface area (Å²) in [6, 6.07) is 4.57. The highest BCUT2D eigenvalue weighted by Crippen LogP contribution is 2.38. The molecular formula is C21H36OS. The highest BCUT2D eigenvalue weighted by Gasteiger charge is 2.27. The normalized spacial score (nSPS) is 15.8. The molecule has 0 radical (unpaired) electrons. The third-order valence-electron chi connectivity index (χ3n) is 4.95. The van der Waals surface area contributed by atoms with Crippen molar-refractivity contribution in [3.05, 3.63) is 28.8 Å². The van der Waals surface area contributed by atoms with Gasteiger partial charge in [0, 0.05) is 4.90 Å². The first-order valence-electron chi connectivity index (χ1n) is 8.75. The Morgan fingerprint density at radius 1 is 0.913 bits per heavy atom. The second-order valence-corrected chi connectivity index (χ2v) is 10.00. The number of hydrogen-bond donors (Lipinski definition) is 2. The van der Waals surface area contributed by atoms with Crippen LogP contribution in [-0.2, 0) is 17.3 Å². The summed E-state index contributed by atoms with van der Waals surface area (Å²) >= 11 is 4.85. The summed E-state index contributed by atoms with van der Waals surface area (Å²) in [6.07, 6.45) is 1.68. The van der Waals surface area contributed by atoms with Crippen LogP contribution in [-0.4, -0.2) is 10.7 Å². The molecule has 23 heavy (non-hydrogen) atoms. The predicted molar refractivity (Wildman–Crippen MR) is 105 cm³/mol. The van der Waals surface area contributed by atoms with Crippen LogP contribution in [0.3, 0.4) is 0 Å². The first kappa shape index (κ1) is 20.6. The smallest absolute Gasteiger partial charge is 0.0645 e. The van der Waals surface area contributed by atoms with Crippen molar-refractivity contribution in [2.45, 2.75) is 96.5 Å². The van der Waals surface area contributed by atoms with E-state index in [9.17, 15) is 5.11 Å². The SMILES string of the molecule is CC(C)C(C)(O)CCc1cc(C(C)(C)C)c(S)c(C(C)(C)C)c1. The fourth-order valence-corrected chi connectivity index (χ4v) is 3.47. The van der Waals surface area contributed by atoms with Crippen molar-refractivity contribution in [3.63, 3.8) is 0 Å². The molecule has 0 fully saturated rings. The van der Waals surface area contributed by atoms with Crippen molar-refractivity contribution in [1.29, 1.82) is 0 Å². The van der Waals surface area contributed by atoms with E-state index in [1.807, 2.05) is 6.92 Å². The molecule has 2 heteroatoms. The van der Waals surface area contributed by atoms with Crippen LogP contribution < -0.4 is 0 Å². The largest absolute Gasteiger partial charge is 0.390 e. The van der Waals surface area contributed by atoms with Crippen molar-refractivity contribution >= 4 is 12.6 Å². The van der Waals surface area contributed by atoms with Gasteiger partial charge >= 0.3 is 0 Å². The molecule has 0 bridgehead atoms. The number of hydrogen-bond acceptors (Lipinski definition) is 2. The molecule has 0 heterocycles. The van der Waals surface area contributed by atoms with Crippen LogP contribution in [0.15, 0.2) is 17.0 Å². The highest BCUT2D eigenvalue weighted by molar-refractivity contribution is 7.80. The van der Waals surface area contributed by atoms with Gasteiger partial charge in [-0.1, -0.05) is 67.5 Å². The quantitative estimate of drug-likeness (QED) is 0.655. The maximum Gasteiger partial charge on any atom is 0.0645 e. The van der Waals surface area contributed by atoms with Gasteiger partial charge in [0.15, 0.2) is 0 Å². The van der Waals surface area contributed by atoms with Crippen molar-refractivity contribution in [2.75, 3.05) is 0 Å². The average Bonchev–Trinajstić information content (AvgIpc) is 2.34. The molecule has 0 amide bonds. The molecule has 1 nitrogen and oxygen atoms in total. The van der Waals surface area contributed by atoms with Crippen LogP contribution >= 0.6 is 12.6 Å². The van der Waals surface area contributed by atoms with Gasteiger partial charge in [-0.25, -0.2) is 0 Å². The standard InChI is InChI=1S/C21H36OS/c1-14(2)21(9,22)11-10-15-12-16(19(3,4)5)18(23)17(13-15)20(6,7)8/h12-14,22-23H,10-11H2,1-9H3. The summed E-state index contributed by atoms with van der Waals surface area (Å²) in [5.74, 6) is 0.260. The third kappa shape index (κ3) is 5.26. The predicted octanol–water partition coefficient (Wildman–Crippen LogP) is 5.91. The Labute approximate surface area is 149 Å². The van der Waals surface area contributed by atoms with E-state index in [4.69, 9.17) is 12.6 Å². The van der Waals surface area contributed by atoms with E-state index in [1.165, 1.54) is 16.7 Å². The molecule has 1 N–H and O–H groups in total. The fraction of sp³-hybridized carbons (Fsp3) is 0.714. The highest BCUT2D eigenvalue weighted by atomic mass is 32.1. The van der Waals surface area contributed by atoms with E-state index < -0.39 is 5.60 Å². The Bertz CT molecular complexity index is 507. The fourth-order valence-electron chi connectivity index (χ4n) is 2.67. The summed E-state index contributed by atoms with van der Waals surface area (Å²) < 4.78 is 0. The Morgan fingerprint density at radius 3 is 1.61 bits per heavy atom. The Hall–Kier alpha value is -0.470. The van der Waals surface area contributed by atoms with Crippen molar-refractivity contribution in [1.82, 2.24) is 0 Å². The van der Waals surface area contributed by atoms with E-state index in [1.54, 1.807) is 0 Å².